The maximum atomic E-state index is 5.58. The third-order valence-corrected chi connectivity index (χ3v) is 4.14. The number of methoxy groups -OCH3 is 1. The van der Waals surface area contributed by atoms with Gasteiger partial charge in [-0.1, -0.05) is 43.6 Å². The highest BCUT2D eigenvalue weighted by Gasteiger charge is 2.28. The van der Waals surface area contributed by atoms with E-state index in [2.05, 4.69) is 68.0 Å². The summed E-state index contributed by atoms with van der Waals surface area (Å²) in [6, 6.07) is 4.57. The molecule has 0 fully saturated rings. The van der Waals surface area contributed by atoms with E-state index in [0.717, 1.165) is 23.2 Å². The highest BCUT2D eigenvalue weighted by Crippen LogP contribution is 2.39. The fourth-order valence-electron chi connectivity index (χ4n) is 2.24. The highest BCUT2D eigenvalue weighted by atomic mass is 79.9. The lowest BCUT2D eigenvalue weighted by atomic mass is 9.81. The molecule has 1 atom stereocenters. The molecule has 0 amide bonds. The smallest absolute Gasteiger partial charge is 0.123 e. The number of rotatable bonds is 5. The molecule has 0 saturated carbocycles. The van der Waals surface area contributed by atoms with Crippen molar-refractivity contribution in [3.63, 3.8) is 0 Å². The summed E-state index contributed by atoms with van der Waals surface area (Å²) >= 11 is 3.63. The third-order valence-electron chi connectivity index (χ3n) is 3.29. The third kappa shape index (κ3) is 4.22. The van der Waals surface area contributed by atoms with Gasteiger partial charge in [0.1, 0.15) is 5.75 Å². The molecule has 1 rings (SSSR count). The molecule has 2 nitrogen and oxygen atoms in total. The van der Waals surface area contributed by atoms with E-state index in [1.165, 1.54) is 11.1 Å². The van der Waals surface area contributed by atoms with Gasteiger partial charge in [0.2, 0.25) is 0 Å². The van der Waals surface area contributed by atoms with E-state index in [1.54, 1.807) is 7.11 Å². The van der Waals surface area contributed by atoms with Crippen LogP contribution in [0.3, 0.4) is 0 Å². The molecule has 0 aliphatic heterocycles. The number of halogens is 1. The molecule has 108 valence electrons. The second kappa shape index (κ2) is 6.76. The van der Waals surface area contributed by atoms with Crippen LogP contribution < -0.4 is 10.1 Å². The van der Waals surface area contributed by atoms with E-state index in [1.807, 2.05) is 0 Å². The van der Waals surface area contributed by atoms with Gasteiger partial charge in [0.05, 0.1) is 7.11 Å². The fraction of sp³-hybridized carbons (Fsp3) is 0.625. The van der Waals surface area contributed by atoms with Crippen molar-refractivity contribution in [3.05, 3.63) is 27.7 Å². The van der Waals surface area contributed by atoms with Crippen molar-refractivity contribution in [2.75, 3.05) is 13.7 Å². The Bertz CT molecular complexity index is 423. The summed E-state index contributed by atoms with van der Waals surface area (Å²) in [6.07, 6.45) is 1.13. The van der Waals surface area contributed by atoms with Gasteiger partial charge in [-0.3, -0.25) is 0 Å². The quantitative estimate of drug-likeness (QED) is 0.834. The van der Waals surface area contributed by atoms with Gasteiger partial charge in [0, 0.05) is 16.1 Å². The van der Waals surface area contributed by atoms with Gasteiger partial charge in [-0.05, 0) is 43.0 Å². The number of hydrogen-bond donors (Lipinski definition) is 1. The maximum Gasteiger partial charge on any atom is 0.123 e. The molecule has 0 saturated heterocycles. The molecule has 1 aromatic carbocycles. The van der Waals surface area contributed by atoms with Gasteiger partial charge < -0.3 is 10.1 Å². The van der Waals surface area contributed by atoms with Crippen molar-refractivity contribution in [1.82, 2.24) is 5.32 Å². The van der Waals surface area contributed by atoms with Crippen LogP contribution in [0, 0.1) is 12.3 Å². The van der Waals surface area contributed by atoms with Gasteiger partial charge in [-0.25, -0.2) is 0 Å². The van der Waals surface area contributed by atoms with Crippen LogP contribution in [0.25, 0.3) is 0 Å². The molecule has 0 radical (unpaired) electrons. The second-order valence-corrected chi connectivity index (χ2v) is 6.95. The van der Waals surface area contributed by atoms with Crippen LogP contribution >= 0.6 is 15.9 Å². The van der Waals surface area contributed by atoms with Crippen molar-refractivity contribution in [1.29, 1.82) is 0 Å². The van der Waals surface area contributed by atoms with Gasteiger partial charge in [0.25, 0.3) is 0 Å². The Labute approximate surface area is 126 Å². The monoisotopic (exact) mass is 327 g/mol. The van der Waals surface area contributed by atoms with Crippen molar-refractivity contribution >= 4 is 15.9 Å². The minimum Gasteiger partial charge on any atom is -0.496 e. The number of hydrogen-bond acceptors (Lipinski definition) is 2. The van der Waals surface area contributed by atoms with Crippen LogP contribution in [0.15, 0.2) is 16.6 Å². The molecular formula is C16H26BrNO. The van der Waals surface area contributed by atoms with Crippen LogP contribution in [-0.4, -0.2) is 13.7 Å². The van der Waals surface area contributed by atoms with E-state index in [0.29, 0.717) is 0 Å². The van der Waals surface area contributed by atoms with Crippen molar-refractivity contribution in [2.45, 2.75) is 47.1 Å². The predicted molar refractivity (Wildman–Crippen MR) is 85.9 cm³/mol. The number of aryl methyl sites for hydroxylation is 1. The zero-order valence-corrected chi connectivity index (χ0v) is 14.5. The number of nitrogens with one attached hydrogen (secondary N) is 1. The zero-order valence-electron chi connectivity index (χ0n) is 12.9. The summed E-state index contributed by atoms with van der Waals surface area (Å²) in [7, 11) is 1.74. The van der Waals surface area contributed by atoms with E-state index >= 15 is 0 Å². The van der Waals surface area contributed by atoms with Gasteiger partial charge in [-0.2, -0.15) is 0 Å². The van der Waals surface area contributed by atoms with Crippen molar-refractivity contribution in [3.8, 4) is 5.75 Å². The average molecular weight is 328 g/mol. The minimum atomic E-state index is 0.136. The Morgan fingerprint density at radius 1 is 1.32 bits per heavy atom. The minimum absolute atomic E-state index is 0.136. The van der Waals surface area contributed by atoms with Gasteiger partial charge in [-0.15, -0.1) is 0 Å². The Balaban J connectivity index is 3.24. The summed E-state index contributed by atoms with van der Waals surface area (Å²) in [5.74, 6) is 0.962. The molecule has 1 aromatic rings. The molecule has 1 N–H and O–H groups in total. The molecule has 0 bridgehead atoms. The van der Waals surface area contributed by atoms with E-state index < -0.39 is 0 Å². The molecule has 0 heterocycles. The molecule has 1 unspecified atom stereocenters. The molecule has 0 aliphatic carbocycles. The second-order valence-electron chi connectivity index (χ2n) is 6.10. The summed E-state index contributed by atoms with van der Waals surface area (Å²) < 4.78 is 6.71. The van der Waals surface area contributed by atoms with Crippen LogP contribution in [0.1, 0.15) is 51.3 Å². The Morgan fingerprint density at radius 3 is 2.42 bits per heavy atom. The van der Waals surface area contributed by atoms with Gasteiger partial charge in [0.15, 0.2) is 0 Å². The normalized spacial score (nSPS) is 13.4. The SMILES string of the molecule is CCCNC(c1cc(Br)c(C)cc1OC)C(C)(C)C. The summed E-state index contributed by atoms with van der Waals surface area (Å²) in [5.41, 5.74) is 2.56. The van der Waals surface area contributed by atoms with Crippen molar-refractivity contribution in [2.24, 2.45) is 5.41 Å². The number of benzene rings is 1. The first kappa shape index (κ1) is 16.5. The van der Waals surface area contributed by atoms with E-state index in [4.69, 9.17) is 4.74 Å². The Hall–Kier alpha value is -0.540. The lowest BCUT2D eigenvalue weighted by Gasteiger charge is -2.33. The first-order valence-corrected chi connectivity index (χ1v) is 7.68. The molecule has 19 heavy (non-hydrogen) atoms. The van der Waals surface area contributed by atoms with Crippen LogP contribution in [0.4, 0.5) is 0 Å². The molecule has 0 aliphatic rings. The fourth-order valence-corrected chi connectivity index (χ4v) is 2.61. The predicted octanol–water partition coefficient (Wildman–Crippen LogP) is 4.85. The lowest BCUT2D eigenvalue weighted by molar-refractivity contribution is 0.265. The van der Waals surface area contributed by atoms with Crippen LogP contribution in [-0.2, 0) is 0 Å². The van der Waals surface area contributed by atoms with Gasteiger partial charge >= 0.3 is 0 Å². The van der Waals surface area contributed by atoms with Crippen molar-refractivity contribution < 1.29 is 4.74 Å². The standard InChI is InChI=1S/C16H26BrNO/c1-7-8-18-15(16(3,4)5)12-10-13(17)11(2)9-14(12)19-6/h9-10,15,18H,7-8H2,1-6H3. The molecule has 0 spiro atoms. The average Bonchev–Trinajstić information content (AvgIpc) is 2.32. The Kier molecular flexibility index (Phi) is 5.87. The van der Waals surface area contributed by atoms with E-state index in [9.17, 15) is 0 Å². The van der Waals surface area contributed by atoms with Crippen LogP contribution in [0.5, 0.6) is 5.75 Å². The first-order chi connectivity index (χ1) is 8.81. The Morgan fingerprint density at radius 2 is 1.95 bits per heavy atom. The maximum absolute atomic E-state index is 5.58. The zero-order chi connectivity index (χ0) is 14.6. The lowest BCUT2D eigenvalue weighted by Crippen LogP contribution is -2.33. The topological polar surface area (TPSA) is 21.3 Å². The first-order valence-electron chi connectivity index (χ1n) is 6.88. The summed E-state index contributed by atoms with van der Waals surface area (Å²) in [4.78, 5) is 0. The summed E-state index contributed by atoms with van der Waals surface area (Å²) in [6.45, 7) is 12.1. The van der Waals surface area contributed by atoms with Crippen LogP contribution in [0.2, 0.25) is 0 Å². The highest BCUT2D eigenvalue weighted by molar-refractivity contribution is 9.10. The molecular weight excluding hydrogens is 302 g/mol. The molecule has 3 heteroatoms. The number of ether oxygens (including phenoxy) is 1. The van der Waals surface area contributed by atoms with E-state index in [-0.39, 0.29) is 11.5 Å². The largest absolute Gasteiger partial charge is 0.496 e. The molecule has 0 aromatic heterocycles. The summed E-state index contributed by atoms with van der Waals surface area (Å²) in [5, 5.41) is 3.65.